The summed E-state index contributed by atoms with van der Waals surface area (Å²) in [5, 5.41) is 2.82. The summed E-state index contributed by atoms with van der Waals surface area (Å²) in [6.45, 7) is 2.09. The molecule has 0 radical (unpaired) electrons. The van der Waals surface area contributed by atoms with Crippen molar-refractivity contribution in [1.29, 1.82) is 0 Å². The number of nitrogens with one attached hydrogen (secondary N) is 1. The van der Waals surface area contributed by atoms with Crippen molar-refractivity contribution in [2.45, 2.75) is 50.0 Å². The van der Waals surface area contributed by atoms with Gasteiger partial charge >= 0.3 is 0 Å². The molecule has 3 atom stereocenters. The number of hydrogen-bond donors (Lipinski definition) is 1. The Balaban J connectivity index is 1.43. The Morgan fingerprint density at radius 1 is 1.19 bits per heavy atom. The van der Waals surface area contributed by atoms with E-state index in [4.69, 9.17) is 0 Å². The van der Waals surface area contributed by atoms with Crippen molar-refractivity contribution in [2.24, 2.45) is 11.8 Å². The average Bonchev–Trinajstić information content (AvgIpc) is 2.93. The molecule has 0 bridgehead atoms. The van der Waals surface area contributed by atoms with Crippen LogP contribution in [0.5, 0.6) is 0 Å². The van der Waals surface area contributed by atoms with Crippen molar-refractivity contribution in [1.82, 2.24) is 10.2 Å². The van der Waals surface area contributed by atoms with Gasteiger partial charge in [0.15, 0.2) is 0 Å². The first kappa shape index (κ1) is 19.9. The van der Waals surface area contributed by atoms with Crippen LogP contribution < -0.4 is 5.32 Å². The Morgan fingerprint density at radius 2 is 1.78 bits per heavy atom. The minimum atomic E-state index is -0.764. The fourth-order valence-electron chi connectivity index (χ4n) is 3.84. The normalized spacial score (nSPS) is 23.3. The van der Waals surface area contributed by atoms with Gasteiger partial charge in [0.05, 0.1) is 11.8 Å². The van der Waals surface area contributed by atoms with Crippen molar-refractivity contribution in [3.8, 4) is 0 Å². The van der Waals surface area contributed by atoms with Crippen molar-refractivity contribution in [3.63, 3.8) is 0 Å². The van der Waals surface area contributed by atoms with Gasteiger partial charge in [-0.15, -0.1) is 11.8 Å². The molecule has 2 aliphatic rings. The Kier molecular flexibility index (Phi) is 6.52. The van der Waals surface area contributed by atoms with Crippen LogP contribution in [-0.4, -0.2) is 41.0 Å². The van der Waals surface area contributed by atoms with E-state index in [1.54, 1.807) is 30.8 Å². The number of rotatable bonds is 7. The summed E-state index contributed by atoms with van der Waals surface area (Å²) < 4.78 is 12.9. The molecule has 2 fully saturated rings. The van der Waals surface area contributed by atoms with Gasteiger partial charge in [-0.1, -0.05) is 12.8 Å². The summed E-state index contributed by atoms with van der Waals surface area (Å²) in [7, 11) is 0. The zero-order valence-electron chi connectivity index (χ0n) is 15.4. The number of likely N-dealkylation sites (tertiary alicyclic amines) is 1. The van der Waals surface area contributed by atoms with Crippen LogP contribution in [0.4, 0.5) is 4.39 Å². The van der Waals surface area contributed by atoms with Crippen LogP contribution >= 0.6 is 11.8 Å². The highest BCUT2D eigenvalue weighted by atomic mass is 32.2. The summed E-state index contributed by atoms with van der Waals surface area (Å²) in [5.41, 5.74) is 0. The number of hydrogen-bond acceptors (Lipinski definition) is 4. The second kappa shape index (κ2) is 8.87. The predicted octanol–water partition coefficient (Wildman–Crippen LogP) is 2.99. The molecule has 0 spiro atoms. The van der Waals surface area contributed by atoms with Crippen LogP contribution in [-0.2, 0) is 14.4 Å². The zero-order chi connectivity index (χ0) is 19.4. The summed E-state index contributed by atoms with van der Waals surface area (Å²) in [5.74, 6) is -0.583. The number of benzene rings is 1. The molecule has 0 aromatic heterocycles. The van der Waals surface area contributed by atoms with E-state index in [1.807, 2.05) is 0 Å². The fraction of sp³-hybridized carbons (Fsp3) is 0.550. The van der Waals surface area contributed by atoms with Crippen LogP contribution in [0.15, 0.2) is 29.2 Å². The first-order valence-corrected chi connectivity index (χ1v) is 10.5. The molecule has 3 amide bonds. The Labute approximate surface area is 163 Å². The highest BCUT2D eigenvalue weighted by molar-refractivity contribution is 7.99. The summed E-state index contributed by atoms with van der Waals surface area (Å²) in [6, 6.07) is 5.54. The van der Waals surface area contributed by atoms with Gasteiger partial charge in [0.1, 0.15) is 11.9 Å². The van der Waals surface area contributed by atoms with Crippen LogP contribution in [0.3, 0.4) is 0 Å². The van der Waals surface area contributed by atoms with Crippen LogP contribution in [0.1, 0.15) is 39.0 Å². The molecule has 3 rings (SSSR count). The second-order valence-corrected chi connectivity index (χ2v) is 8.34. The predicted molar refractivity (Wildman–Crippen MR) is 102 cm³/mol. The standard InChI is InChI=1S/C20H25FN2O3S/c1-13(23-19(25)16-5-2-3-6-17(16)20(23)26)18(24)22-11-4-12-27-15-9-7-14(21)8-10-15/h7-10,13,16-17H,2-6,11-12H2,1H3,(H,22,24). The average molecular weight is 392 g/mol. The van der Waals surface area contributed by atoms with Gasteiger partial charge in [-0.2, -0.15) is 0 Å². The molecule has 1 saturated heterocycles. The second-order valence-electron chi connectivity index (χ2n) is 7.17. The van der Waals surface area contributed by atoms with Gasteiger partial charge < -0.3 is 5.32 Å². The van der Waals surface area contributed by atoms with E-state index in [1.165, 1.54) is 17.0 Å². The highest BCUT2D eigenvalue weighted by Crippen LogP contribution is 2.38. The Morgan fingerprint density at radius 3 is 2.37 bits per heavy atom. The molecule has 1 aromatic carbocycles. The third kappa shape index (κ3) is 4.51. The lowest BCUT2D eigenvalue weighted by Gasteiger charge is -2.22. The van der Waals surface area contributed by atoms with Crippen LogP contribution in [0.2, 0.25) is 0 Å². The molecule has 1 aliphatic heterocycles. The topological polar surface area (TPSA) is 66.5 Å². The summed E-state index contributed by atoms with van der Waals surface area (Å²) in [4.78, 5) is 39.7. The van der Waals surface area contributed by atoms with Gasteiger partial charge in [0.2, 0.25) is 17.7 Å². The number of carbonyl (C=O) groups is 3. The van der Waals surface area contributed by atoms with E-state index in [-0.39, 0.29) is 35.4 Å². The molecule has 1 aliphatic carbocycles. The van der Waals surface area contributed by atoms with Gasteiger partial charge in [-0.05, 0) is 56.2 Å². The molecule has 1 N–H and O–H groups in total. The molecule has 7 heteroatoms. The number of amides is 3. The SMILES string of the molecule is CC(C(=O)NCCCSc1ccc(F)cc1)N1C(=O)C2CCCCC2C1=O. The third-order valence-corrected chi connectivity index (χ3v) is 6.44. The minimum absolute atomic E-state index is 0.181. The van der Waals surface area contributed by atoms with Gasteiger partial charge in [-0.3, -0.25) is 19.3 Å². The fourth-order valence-corrected chi connectivity index (χ4v) is 4.69. The van der Waals surface area contributed by atoms with Crippen molar-refractivity contribution in [3.05, 3.63) is 30.1 Å². The molecule has 1 aromatic rings. The molecule has 1 heterocycles. The summed E-state index contributed by atoms with van der Waals surface area (Å²) >= 11 is 1.59. The first-order chi connectivity index (χ1) is 13.0. The van der Waals surface area contributed by atoms with Gasteiger partial charge in [-0.25, -0.2) is 4.39 Å². The van der Waals surface area contributed by atoms with Crippen LogP contribution in [0.25, 0.3) is 0 Å². The Hall–Kier alpha value is -1.89. The Bertz CT molecular complexity index is 686. The lowest BCUT2D eigenvalue weighted by atomic mass is 9.81. The van der Waals surface area contributed by atoms with Gasteiger partial charge in [0, 0.05) is 11.4 Å². The molecule has 146 valence electrons. The molecule has 1 saturated carbocycles. The minimum Gasteiger partial charge on any atom is -0.354 e. The number of nitrogens with zero attached hydrogens (tertiary/aromatic N) is 1. The molecule has 27 heavy (non-hydrogen) atoms. The number of thioether (sulfide) groups is 1. The molecular weight excluding hydrogens is 367 g/mol. The lowest BCUT2D eigenvalue weighted by Crippen LogP contribution is -2.48. The zero-order valence-corrected chi connectivity index (χ0v) is 16.3. The maximum atomic E-state index is 12.9. The van der Waals surface area contributed by atoms with Crippen molar-refractivity contribution in [2.75, 3.05) is 12.3 Å². The quantitative estimate of drug-likeness (QED) is 0.440. The van der Waals surface area contributed by atoms with Crippen LogP contribution in [0, 0.1) is 17.7 Å². The number of imide groups is 1. The molecular formula is C20H25FN2O3S. The highest BCUT2D eigenvalue weighted by Gasteiger charge is 2.50. The molecule has 5 nitrogen and oxygen atoms in total. The van der Waals surface area contributed by atoms with Crippen molar-refractivity contribution >= 4 is 29.5 Å². The number of halogens is 1. The van der Waals surface area contributed by atoms with E-state index >= 15 is 0 Å². The maximum Gasteiger partial charge on any atom is 0.243 e. The van der Waals surface area contributed by atoms with E-state index in [0.717, 1.165) is 42.8 Å². The largest absolute Gasteiger partial charge is 0.354 e. The third-order valence-electron chi connectivity index (χ3n) is 5.34. The first-order valence-electron chi connectivity index (χ1n) is 9.52. The van der Waals surface area contributed by atoms with E-state index < -0.39 is 6.04 Å². The number of carbonyl (C=O) groups excluding carboxylic acids is 3. The summed E-state index contributed by atoms with van der Waals surface area (Å²) in [6.07, 6.45) is 4.19. The van der Waals surface area contributed by atoms with Crippen molar-refractivity contribution < 1.29 is 18.8 Å². The van der Waals surface area contributed by atoms with E-state index in [2.05, 4.69) is 5.32 Å². The monoisotopic (exact) mass is 392 g/mol. The molecule has 3 unspecified atom stereocenters. The number of fused-ring (bicyclic) bond motifs is 1. The maximum absolute atomic E-state index is 12.9. The smallest absolute Gasteiger partial charge is 0.243 e. The van der Waals surface area contributed by atoms with Gasteiger partial charge in [0.25, 0.3) is 0 Å². The van der Waals surface area contributed by atoms with E-state index in [0.29, 0.717) is 6.54 Å². The lowest BCUT2D eigenvalue weighted by molar-refractivity contribution is -0.147. The van der Waals surface area contributed by atoms with E-state index in [9.17, 15) is 18.8 Å².